The number of thioether (sulfide) groups is 1. The lowest BCUT2D eigenvalue weighted by Crippen LogP contribution is -2.23. The van der Waals surface area contributed by atoms with E-state index >= 15 is 0 Å². The van der Waals surface area contributed by atoms with Crippen LogP contribution in [0.1, 0.15) is 42.1 Å². The Morgan fingerprint density at radius 1 is 1.19 bits per heavy atom. The Morgan fingerprint density at radius 3 is 2.72 bits per heavy atom. The molecule has 0 saturated carbocycles. The lowest BCUT2D eigenvalue weighted by molar-refractivity contribution is 0.0601. The smallest absolute Gasteiger partial charge is 0.339 e. The Balaban J connectivity index is 1.60. The number of anilines is 1. The average molecular weight is 467 g/mol. The Kier molecular flexibility index (Phi) is 7.07. The van der Waals surface area contributed by atoms with E-state index in [4.69, 9.17) is 16.3 Å². The Morgan fingerprint density at radius 2 is 2.00 bits per heavy atom. The summed E-state index contributed by atoms with van der Waals surface area (Å²) in [5.41, 5.74) is 4.99. The van der Waals surface area contributed by atoms with Crippen molar-refractivity contribution in [2.75, 3.05) is 25.1 Å². The van der Waals surface area contributed by atoms with Crippen LogP contribution in [0.5, 0.6) is 0 Å². The monoisotopic (exact) mass is 466 g/mol. The van der Waals surface area contributed by atoms with Gasteiger partial charge in [0.05, 0.1) is 28.4 Å². The van der Waals surface area contributed by atoms with E-state index in [1.54, 1.807) is 18.0 Å². The number of nitrogens with zero attached hydrogens (tertiary/aromatic N) is 2. The number of pyridine rings is 1. The molecule has 1 aliphatic heterocycles. The number of esters is 1. The maximum atomic E-state index is 12.7. The normalized spacial score (nSPS) is 15.9. The lowest BCUT2D eigenvalue weighted by atomic mass is 9.91. The van der Waals surface area contributed by atoms with Gasteiger partial charge in [-0.1, -0.05) is 55.8 Å². The lowest BCUT2D eigenvalue weighted by Gasteiger charge is -2.22. The van der Waals surface area contributed by atoms with Crippen LogP contribution in [-0.2, 0) is 4.74 Å². The van der Waals surface area contributed by atoms with Crippen molar-refractivity contribution in [3.05, 3.63) is 76.9 Å². The quantitative estimate of drug-likeness (QED) is 0.379. The predicted molar refractivity (Wildman–Crippen MR) is 133 cm³/mol. The minimum absolute atomic E-state index is 0.306. The van der Waals surface area contributed by atoms with Gasteiger partial charge in [-0.05, 0) is 53.3 Å². The number of benzene rings is 2. The van der Waals surface area contributed by atoms with Gasteiger partial charge in [-0.3, -0.25) is 0 Å². The molecule has 6 heteroatoms. The molecule has 0 amide bonds. The first-order valence-corrected chi connectivity index (χ1v) is 12.1. The molecule has 32 heavy (non-hydrogen) atoms. The van der Waals surface area contributed by atoms with E-state index in [1.165, 1.54) is 12.7 Å². The van der Waals surface area contributed by atoms with Gasteiger partial charge in [0.15, 0.2) is 0 Å². The summed E-state index contributed by atoms with van der Waals surface area (Å²) >= 11 is 7.71. The number of methoxy groups -OCH3 is 1. The molecule has 0 unspecified atom stereocenters. The first-order valence-electron chi connectivity index (χ1n) is 10.8. The van der Waals surface area contributed by atoms with Crippen molar-refractivity contribution in [2.45, 2.75) is 36.5 Å². The third-order valence-corrected chi connectivity index (χ3v) is 7.19. The molecule has 1 aliphatic rings. The van der Waals surface area contributed by atoms with Crippen LogP contribution in [0.4, 0.5) is 5.69 Å². The van der Waals surface area contributed by atoms with Crippen LogP contribution in [0.2, 0.25) is 5.02 Å². The number of rotatable bonds is 6. The van der Waals surface area contributed by atoms with Crippen molar-refractivity contribution in [1.82, 2.24) is 4.98 Å². The summed E-state index contributed by atoms with van der Waals surface area (Å²) in [6.45, 7) is 6.11. The van der Waals surface area contributed by atoms with Gasteiger partial charge in [0.2, 0.25) is 0 Å². The average Bonchev–Trinajstić information content (AvgIpc) is 3.28. The molecule has 166 valence electrons. The molecular formula is C26H27ClN2O2S. The maximum absolute atomic E-state index is 12.7. The van der Waals surface area contributed by atoms with Crippen molar-refractivity contribution in [2.24, 2.45) is 0 Å². The maximum Gasteiger partial charge on any atom is 0.339 e. The SMILES string of the molecule is COC(=O)c1cc(-c2ccccc2C(C)C)ccc1N1CC[C@H](Sc2ccc(Cl)cn2)C1. The number of ether oxygens (including phenoxy) is 1. The second kappa shape index (κ2) is 9.97. The molecule has 1 fully saturated rings. The first-order chi connectivity index (χ1) is 15.5. The Hall–Kier alpha value is -2.50. The predicted octanol–water partition coefficient (Wildman–Crippen LogP) is 6.68. The number of halogens is 1. The summed E-state index contributed by atoms with van der Waals surface area (Å²) in [7, 11) is 1.44. The number of aromatic nitrogens is 1. The number of hydrogen-bond donors (Lipinski definition) is 0. The molecule has 1 saturated heterocycles. The zero-order chi connectivity index (χ0) is 22.7. The molecule has 0 radical (unpaired) electrons. The third kappa shape index (κ3) is 4.94. The van der Waals surface area contributed by atoms with Crippen LogP contribution >= 0.6 is 23.4 Å². The van der Waals surface area contributed by atoms with Gasteiger partial charge in [-0.15, -0.1) is 11.8 Å². The number of carbonyl (C=O) groups excluding carboxylic acids is 1. The van der Waals surface area contributed by atoms with Gasteiger partial charge in [0.1, 0.15) is 0 Å². The fourth-order valence-corrected chi connectivity index (χ4v) is 5.35. The van der Waals surface area contributed by atoms with E-state index in [0.717, 1.165) is 41.4 Å². The molecule has 2 heterocycles. The van der Waals surface area contributed by atoms with E-state index in [-0.39, 0.29) is 5.97 Å². The second-order valence-corrected chi connectivity index (χ2v) is 10.0. The summed E-state index contributed by atoms with van der Waals surface area (Å²) in [6.07, 6.45) is 2.70. The van der Waals surface area contributed by atoms with Gasteiger partial charge in [0, 0.05) is 24.5 Å². The first kappa shape index (κ1) is 22.7. The standard InChI is InChI=1S/C26H27ClN2O2S/c1-17(2)21-6-4-5-7-22(21)18-8-10-24(23(14-18)26(30)31-3)29-13-12-20(16-29)32-25-11-9-19(27)15-28-25/h4-11,14-15,17,20H,12-13,16H2,1-3H3/t20-/m0/s1. The van der Waals surface area contributed by atoms with Crippen molar-refractivity contribution >= 4 is 35.0 Å². The van der Waals surface area contributed by atoms with Crippen LogP contribution in [0.3, 0.4) is 0 Å². The van der Waals surface area contributed by atoms with E-state index in [1.807, 2.05) is 24.3 Å². The summed E-state index contributed by atoms with van der Waals surface area (Å²) in [4.78, 5) is 19.4. The van der Waals surface area contributed by atoms with Crippen LogP contribution in [0.15, 0.2) is 65.8 Å². The largest absolute Gasteiger partial charge is 0.465 e. The van der Waals surface area contributed by atoms with E-state index in [0.29, 0.717) is 21.8 Å². The van der Waals surface area contributed by atoms with Gasteiger partial charge >= 0.3 is 5.97 Å². The van der Waals surface area contributed by atoms with Crippen molar-refractivity contribution in [1.29, 1.82) is 0 Å². The van der Waals surface area contributed by atoms with Crippen molar-refractivity contribution < 1.29 is 9.53 Å². The highest BCUT2D eigenvalue weighted by Gasteiger charge is 2.27. The molecule has 0 N–H and O–H groups in total. The summed E-state index contributed by atoms with van der Waals surface area (Å²) in [5.74, 6) is 0.0876. The fourth-order valence-electron chi connectivity index (χ4n) is 4.16. The van der Waals surface area contributed by atoms with Gasteiger partial charge < -0.3 is 9.64 Å². The van der Waals surface area contributed by atoms with Gasteiger partial charge in [-0.2, -0.15) is 0 Å². The number of carbonyl (C=O) groups is 1. The van der Waals surface area contributed by atoms with Crippen LogP contribution in [0, 0.1) is 0 Å². The minimum Gasteiger partial charge on any atom is -0.465 e. The molecule has 4 rings (SSSR count). The highest BCUT2D eigenvalue weighted by atomic mass is 35.5. The van der Waals surface area contributed by atoms with E-state index in [2.05, 4.69) is 54.1 Å². The molecule has 0 aliphatic carbocycles. The highest BCUT2D eigenvalue weighted by Crippen LogP contribution is 2.36. The van der Waals surface area contributed by atoms with Crippen LogP contribution in [-0.4, -0.2) is 36.4 Å². The highest BCUT2D eigenvalue weighted by molar-refractivity contribution is 7.99. The van der Waals surface area contributed by atoms with Crippen molar-refractivity contribution in [3.63, 3.8) is 0 Å². The van der Waals surface area contributed by atoms with E-state index in [9.17, 15) is 4.79 Å². The third-order valence-electron chi connectivity index (χ3n) is 5.77. The molecule has 0 bridgehead atoms. The molecule has 0 spiro atoms. The molecule has 2 aromatic carbocycles. The molecule has 3 aromatic rings. The fraction of sp³-hybridized carbons (Fsp3) is 0.308. The molecule has 1 atom stereocenters. The zero-order valence-electron chi connectivity index (χ0n) is 18.5. The van der Waals surface area contributed by atoms with E-state index < -0.39 is 0 Å². The minimum atomic E-state index is -0.306. The summed E-state index contributed by atoms with van der Waals surface area (Å²) < 4.78 is 5.15. The number of hydrogen-bond acceptors (Lipinski definition) is 5. The second-order valence-electron chi connectivity index (χ2n) is 8.25. The summed E-state index contributed by atoms with van der Waals surface area (Å²) in [6, 6.07) is 18.3. The summed E-state index contributed by atoms with van der Waals surface area (Å²) in [5, 5.41) is 2.01. The Labute approximate surface area is 199 Å². The molecule has 1 aromatic heterocycles. The molecule has 4 nitrogen and oxygen atoms in total. The molecular weight excluding hydrogens is 440 g/mol. The van der Waals surface area contributed by atoms with Crippen molar-refractivity contribution in [3.8, 4) is 11.1 Å². The topological polar surface area (TPSA) is 42.4 Å². The zero-order valence-corrected chi connectivity index (χ0v) is 20.1. The van der Waals surface area contributed by atoms with Gasteiger partial charge in [-0.25, -0.2) is 9.78 Å². The van der Waals surface area contributed by atoms with Gasteiger partial charge in [0.25, 0.3) is 0 Å². The van der Waals surface area contributed by atoms with Crippen LogP contribution < -0.4 is 4.90 Å². The Bertz CT molecular complexity index is 1100. The van der Waals surface area contributed by atoms with Crippen LogP contribution in [0.25, 0.3) is 11.1 Å².